The maximum atomic E-state index is 13.3. The topological polar surface area (TPSA) is 96.0 Å². The number of amides is 2. The van der Waals surface area contributed by atoms with E-state index in [1.54, 1.807) is 36.1 Å². The summed E-state index contributed by atoms with van der Waals surface area (Å²) in [6, 6.07) is 15.8. The number of nitrogens with one attached hydrogen (secondary N) is 1. The van der Waals surface area contributed by atoms with E-state index < -0.39 is 16.1 Å². The Hall–Kier alpha value is -3.07. The molecule has 9 heteroatoms. The van der Waals surface area contributed by atoms with Crippen molar-refractivity contribution in [3.8, 4) is 5.75 Å². The average Bonchev–Trinajstić information content (AvgIpc) is 2.85. The fraction of sp³-hybridized carbons (Fsp3) is 0.481. The first-order valence-electron chi connectivity index (χ1n) is 12.4. The molecule has 0 aliphatic rings. The van der Waals surface area contributed by atoms with Gasteiger partial charge in [-0.15, -0.1) is 0 Å². The lowest BCUT2D eigenvalue weighted by molar-refractivity contribution is -0.140. The predicted molar refractivity (Wildman–Crippen MR) is 143 cm³/mol. The van der Waals surface area contributed by atoms with Crippen LogP contribution in [-0.4, -0.2) is 56.6 Å². The Kier molecular flexibility index (Phi) is 11.2. The summed E-state index contributed by atoms with van der Waals surface area (Å²) in [4.78, 5) is 27.7. The molecule has 2 amide bonds. The zero-order valence-corrected chi connectivity index (χ0v) is 22.8. The van der Waals surface area contributed by atoms with Gasteiger partial charge >= 0.3 is 0 Å². The predicted octanol–water partition coefficient (Wildman–Crippen LogP) is 3.96. The van der Waals surface area contributed by atoms with Crippen LogP contribution in [0.25, 0.3) is 0 Å². The Morgan fingerprint density at radius 1 is 1.00 bits per heavy atom. The Morgan fingerprint density at radius 3 is 2.25 bits per heavy atom. The number of rotatable bonds is 14. The number of sulfonamides is 1. The average molecular weight is 518 g/mol. The molecule has 198 valence electrons. The van der Waals surface area contributed by atoms with E-state index in [2.05, 4.69) is 5.32 Å². The van der Waals surface area contributed by atoms with E-state index in [-0.39, 0.29) is 43.8 Å². The van der Waals surface area contributed by atoms with Gasteiger partial charge in [-0.1, -0.05) is 49.4 Å². The van der Waals surface area contributed by atoms with Crippen LogP contribution in [0.4, 0.5) is 5.69 Å². The van der Waals surface area contributed by atoms with Gasteiger partial charge in [0.05, 0.1) is 18.6 Å². The number of carbonyl (C=O) groups excluding carboxylic acids is 2. The molecule has 1 N–H and O–H groups in total. The highest BCUT2D eigenvalue weighted by Crippen LogP contribution is 2.30. The van der Waals surface area contributed by atoms with Crippen LogP contribution in [0.15, 0.2) is 54.6 Å². The molecule has 0 heterocycles. The van der Waals surface area contributed by atoms with Gasteiger partial charge in [0, 0.05) is 25.6 Å². The van der Waals surface area contributed by atoms with Gasteiger partial charge < -0.3 is 15.0 Å². The van der Waals surface area contributed by atoms with Gasteiger partial charge in [-0.3, -0.25) is 13.9 Å². The van der Waals surface area contributed by atoms with Gasteiger partial charge in [0.2, 0.25) is 21.8 Å². The maximum absolute atomic E-state index is 13.3. The van der Waals surface area contributed by atoms with Gasteiger partial charge in [0.1, 0.15) is 11.8 Å². The van der Waals surface area contributed by atoms with Crippen LogP contribution < -0.4 is 14.4 Å². The second kappa shape index (κ2) is 13.9. The summed E-state index contributed by atoms with van der Waals surface area (Å²) in [5.41, 5.74) is 1.36. The lowest BCUT2D eigenvalue weighted by Crippen LogP contribution is -2.49. The second-order valence-corrected chi connectivity index (χ2v) is 10.7. The van der Waals surface area contributed by atoms with Crippen molar-refractivity contribution >= 4 is 27.5 Å². The molecule has 2 aromatic carbocycles. The zero-order chi connectivity index (χ0) is 26.7. The van der Waals surface area contributed by atoms with Crippen LogP contribution in [0, 0.1) is 0 Å². The summed E-state index contributed by atoms with van der Waals surface area (Å²) < 4.78 is 32.1. The minimum atomic E-state index is -3.61. The molecule has 0 radical (unpaired) electrons. The number of ether oxygens (including phenoxy) is 1. The Bertz CT molecular complexity index is 1090. The Morgan fingerprint density at radius 2 is 1.64 bits per heavy atom. The summed E-state index contributed by atoms with van der Waals surface area (Å²) in [6.07, 6.45) is 2.31. The van der Waals surface area contributed by atoms with Crippen molar-refractivity contribution in [3.63, 3.8) is 0 Å². The first kappa shape index (κ1) is 29.2. The largest absolute Gasteiger partial charge is 0.492 e. The van der Waals surface area contributed by atoms with E-state index in [9.17, 15) is 18.0 Å². The number of nitrogens with zero attached hydrogens (tertiary/aromatic N) is 2. The van der Waals surface area contributed by atoms with Crippen molar-refractivity contribution in [1.82, 2.24) is 10.2 Å². The fourth-order valence-corrected chi connectivity index (χ4v) is 4.72. The Balaban J connectivity index is 2.18. The van der Waals surface area contributed by atoms with Crippen LogP contribution in [0.2, 0.25) is 0 Å². The number of hydrogen-bond donors (Lipinski definition) is 1. The van der Waals surface area contributed by atoms with Crippen molar-refractivity contribution in [2.45, 2.75) is 65.6 Å². The summed E-state index contributed by atoms with van der Waals surface area (Å²) in [5.74, 6) is 0.0482. The Labute approximate surface area is 215 Å². The van der Waals surface area contributed by atoms with E-state index in [4.69, 9.17) is 4.74 Å². The molecule has 0 unspecified atom stereocenters. The van der Waals surface area contributed by atoms with E-state index in [0.29, 0.717) is 18.0 Å². The zero-order valence-electron chi connectivity index (χ0n) is 21.9. The molecule has 0 fully saturated rings. The summed E-state index contributed by atoms with van der Waals surface area (Å²) in [7, 11) is -3.61. The maximum Gasteiger partial charge on any atom is 0.242 e. The van der Waals surface area contributed by atoms with E-state index in [1.807, 2.05) is 51.1 Å². The number of carbonyl (C=O) groups is 2. The number of para-hydroxylation sites is 2. The van der Waals surface area contributed by atoms with Gasteiger partial charge in [-0.05, 0) is 51.3 Å². The SMILES string of the molecule is CCOc1ccccc1N(CCCC(=O)N(Cc1ccccc1)[C@@H](C)C(=O)N[C@@H](C)CC)S(C)(=O)=O. The van der Waals surface area contributed by atoms with Crippen LogP contribution in [0.1, 0.15) is 52.5 Å². The molecule has 2 aromatic rings. The molecule has 0 saturated heterocycles. The van der Waals surface area contributed by atoms with Crippen LogP contribution in [0.5, 0.6) is 5.75 Å². The van der Waals surface area contributed by atoms with Crippen molar-refractivity contribution in [3.05, 3.63) is 60.2 Å². The highest BCUT2D eigenvalue weighted by molar-refractivity contribution is 7.92. The molecule has 0 spiro atoms. The molecule has 2 rings (SSSR count). The van der Waals surface area contributed by atoms with Gasteiger partial charge in [0.25, 0.3) is 0 Å². The van der Waals surface area contributed by atoms with Crippen molar-refractivity contribution in [2.75, 3.05) is 23.7 Å². The summed E-state index contributed by atoms with van der Waals surface area (Å²) in [6.45, 7) is 8.27. The van der Waals surface area contributed by atoms with Gasteiger partial charge in [-0.25, -0.2) is 8.42 Å². The molecule has 0 aliphatic carbocycles. The van der Waals surface area contributed by atoms with Crippen LogP contribution >= 0.6 is 0 Å². The van der Waals surface area contributed by atoms with E-state index >= 15 is 0 Å². The minimum absolute atomic E-state index is 0.00218. The molecular formula is C27H39N3O5S. The van der Waals surface area contributed by atoms with Gasteiger partial charge in [0.15, 0.2) is 0 Å². The third-order valence-corrected chi connectivity index (χ3v) is 7.13. The highest BCUT2D eigenvalue weighted by Gasteiger charge is 2.27. The lowest BCUT2D eigenvalue weighted by Gasteiger charge is -2.30. The normalized spacial score (nSPS) is 12.9. The van der Waals surface area contributed by atoms with E-state index in [0.717, 1.165) is 18.2 Å². The first-order valence-corrected chi connectivity index (χ1v) is 14.3. The molecule has 2 atom stereocenters. The first-order chi connectivity index (χ1) is 17.1. The third kappa shape index (κ3) is 8.55. The standard InChI is InChI=1S/C27H39N3O5S/c1-6-21(3)28-27(32)22(4)29(20-23-14-9-8-10-15-23)26(31)18-13-19-30(36(5,33)34)24-16-11-12-17-25(24)35-7-2/h8-12,14-17,21-22H,6-7,13,18-20H2,1-5H3,(H,28,32)/t21-,22-/m0/s1. The van der Waals surface area contributed by atoms with Crippen LogP contribution in [-0.2, 0) is 26.2 Å². The monoisotopic (exact) mass is 517 g/mol. The number of hydrogen-bond acceptors (Lipinski definition) is 5. The smallest absolute Gasteiger partial charge is 0.242 e. The van der Waals surface area contributed by atoms with Crippen LogP contribution in [0.3, 0.4) is 0 Å². The lowest BCUT2D eigenvalue weighted by atomic mass is 10.1. The molecule has 0 aromatic heterocycles. The number of benzene rings is 2. The third-order valence-electron chi connectivity index (χ3n) is 5.95. The summed E-state index contributed by atoms with van der Waals surface area (Å²) >= 11 is 0. The molecule has 0 saturated carbocycles. The van der Waals surface area contributed by atoms with E-state index in [1.165, 1.54) is 4.31 Å². The molecule has 36 heavy (non-hydrogen) atoms. The van der Waals surface area contributed by atoms with Crippen molar-refractivity contribution in [2.24, 2.45) is 0 Å². The molecule has 0 bridgehead atoms. The highest BCUT2D eigenvalue weighted by atomic mass is 32.2. The molecule has 8 nitrogen and oxygen atoms in total. The molecule has 0 aliphatic heterocycles. The number of anilines is 1. The van der Waals surface area contributed by atoms with Crippen molar-refractivity contribution < 1.29 is 22.7 Å². The molecular weight excluding hydrogens is 478 g/mol. The summed E-state index contributed by atoms with van der Waals surface area (Å²) in [5, 5.41) is 2.95. The fourth-order valence-electron chi connectivity index (χ4n) is 3.75. The second-order valence-electron chi connectivity index (χ2n) is 8.84. The quantitative estimate of drug-likeness (QED) is 0.409. The van der Waals surface area contributed by atoms with Crippen molar-refractivity contribution in [1.29, 1.82) is 0 Å². The minimum Gasteiger partial charge on any atom is -0.492 e. The van der Waals surface area contributed by atoms with Gasteiger partial charge in [-0.2, -0.15) is 0 Å².